The average Bonchev–Trinajstić information content (AvgIpc) is 4.18. The minimum absolute atomic E-state index is 0.00299. The molecule has 77 heavy (non-hydrogen) atoms. The lowest BCUT2D eigenvalue weighted by molar-refractivity contribution is -0.116. The maximum absolute atomic E-state index is 13.3. The minimum Gasteiger partial charge on any atom is -0.481 e. The van der Waals surface area contributed by atoms with Crippen LogP contribution in [0.3, 0.4) is 0 Å². The zero-order valence-electron chi connectivity index (χ0n) is 39.5. The van der Waals surface area contributed by atoms with Gasteiger partial charge in [-0.3, -0.25) is 24.4 Å². The number of aromatic carboxylic acids is 3. The molecule has 390 valence electrons. The van der Waals surface area contributed by atoms with Crippen LogP contribution in [0.25, 0.3) is 33.5 Å². The lowest BCUT2D eigenvalue weighted by Gasteiger charge is -2.06. The Hall–Kier alpha value is -9.16. The van der Waals surface area contributed by atoms with Crippen LogP contribution < -0.4 is 20.7 Å². The van der Waals surface area contributed by atoms with Gasteiger partial charge in [0, 0.05) is 92.4 Å². The number of carboxylic acid groups (broad SMARTS) is 3. The molecule has 0 saturated heterocycles. The number of ether oxygens (including phenoxy) is 1. The molecule has 6 heterocycles. The van der Waals surface area contributed by atoms with E-state index in [4.69, 9.17) is 16.3 Å². The van der Waals surface area contributed by atoms with Crippen LogP contribution in [-0.2, 0) is 11.2 Å². The molecular weight excluding hydrogens is 1080 g/mol. The van der Waals surface area contributed by atoms with E-state index in [9.17, 15) is 57.3 Å². The summed E-state index contributed by atoms with van der Waals surface area (Å²) in [6, 6.07) is 22.8. The van der Waals surface area contributed by atoms with E-state index in [1.165, 1.54) is 86.6 Å². The van der Waals surface area contributed by atoms with E-state index in [2.05, 4.69) is 35.9 Å². The van der Waals surface area contributed by atoms with Gasteiger partial charge in [0.25, 0.3) is 11.8 Å². The summed E-state index contributed by atoms with van der Waals surface area (Å²) in [5.74, 6) is -6.12. The first kappa shape index (κ1) is 55.6. The summed E-state index contributed by atoms with van der Waals surface area (Å²) in [5.41, 5.74) is 3.56. The molecule has 3 amide bonds. The Bertz CT molecular complexity index is 3620. The van der Waals surface area contributed by atoms with Gasteiger partial charge in [0.2, 0.25) is 11.8 Å². The predicted octanol–water partition coefficient (Wildman–Crippen LogP) is 12.1. The molecule has 24 heteroatoms. The SMILES string of the molecule is COc1ccc(-c2csc(NC(=O)c3cccc(F)c3)c2C(=O)O)cn1.O=C(CCc1cccc(F)c1)Nc1scc(-c2ccc(Cl)nc2)c1C(=O)O.O=C(Nc1scc(-c2cnccn2)c1C(=O)O)c1cccc(F)c1. The number of nitrogens with zero attached hydrogens (tertiary/aromatic N) is 4. The summed E-state index contributed by atoms with van der Waals surface area (Å²) in [6.45, 7) is 0. The lowest BCUT2D eigenvalue weighted by Crippen LogP contribution is -2.14. The van der Waals surface area contributed by atoms with Crippen LogP contribution in [0.5, 0.6) is 5.88 Å². The Labute approximate surface area is 451 Å². The summed E-state index contributed by atoms with van der Waals surface area (Å²) in [5, 5.41) is 42.0. The molecule has 6 N–H and O–H groups in total. The molecule has 9 aromatic rings. The molecule has 0 bridgehead atoms. The fourth-order valence-corrected chi connectivity index (χ4v) is 9.97. The Morgan fingerprint density at radius 2 is 1.06 bits per heavy atom. The highest BCUT2D eigenvalue weighted by atomic mass is 35.5. The summed E-state index contributed by atoms with van der Waals surface area (Å²) >= 11 is 9.01. The van der Waals surface area contributed by atoms with Gasteiger partial charge in [-0.1, -0.05) is 35.9 Å². The first-order valence-corrected chi connectivity index (χ1v) is 25.1. The number of halogens is 4. The van der Waals surface area contributed by atoms with Crippen molar-refractivity contribution in [2.45, 2.75) is 12.8 Å². The summed E-state index contributed by atoms with van der Waals surface area (Å²) in [6.07, 6.45) is 7.79. The van der Waals surface area contributed by atoms with Gasteiger partial charge >= 0.3 is 17.9 Å². The van der Waals surface area contributed by atoms with Crippen molar-refractivity contribution in [3.63, 3.8) is 0 Å². The smallest absolute Gasteiger partial charge is 0.339 e. The van der Waals surface area contributed by atoms with Crippen LogP contribution in [0.4, 0.5) is 28.2 Å². The number of amides is 3. The van der Waals surface area contributed by atoms with Gasteiger partial charge in [0.05, 0.1) is 19.0 Å². The van der Waals surface area contributed by atoms with Crippen molar-refractivity contribution in [3.8, 4) is 39.4 Å². The van der Waals surface area contributed by atoms with Crippen molar-refractivity contribution in [2.24, 2.45) is 0 Å². The number of rotatable bonds is 15. The molecule has 0 spiro atoms. The zero-order valence-corrected chi connectivity index (χ0v) is 42.7. The Morgan fingerprint density at radius 1 is 0.571 bits per heavy atom. The van der Waals surface area contributed by atoms with Gasteiger partial charge in [-0.25, -0.2) is 37.5 Å². The maximum atomic E-state index is 13.3. The van der Waals surface area contributed by atoms with E-state index in [-0.39, 0.29) is 61.0 Å². The summed E-state index contributed by atoms with van der Waals surface area (Å²) in [4.78, 5) is 87.7. The first-order chi connectivity index (χ1) is 37.0. The number of benzene rings is 3. The minimum atomic E-state index is -1.20. The third kappa shape index (κ3) is 14.6. The highest BCUT2D eigenvalue weighted by Gasteiger charge is 2.25. The van der Waals surface area contributed by atoms with Crippen molar-refractivity contribution in [1.29, 1.82) is 0 Å². The molecular formula is C53H37ClF3N7O10S3. The van der Waals surface area contributed by atoms with Gasteiger partial charge in [-0.05, 0) is 78.7 Å². The van der Waals surface area contributed by atoms with Crippen LogP contribution in [0.1, 0.15) is 63.8 Å². The van der Waals surface area contributed by atoms with Gasteiger partial charge in [-0.2, -0.15) is 0 Å². The van der Waals surface area contributed by atoms with Crippen LogP contribution >= 0.6 is 45.6 Å². The number of pyridine rings is 2. The third-order valence-corrected chi connectivity index (χ3v) is 13.5. The largest absolute Gasteiger partial charge is 0.481 e. The topological polar surface area (TPSA) is 260 Å². The van der Waals surface area contributed by atoms with Crippen molar-refractivity contribution >= 4 is 96.2 Å². The number of carbonyl (C=O) groups is 6. The van der Waals surface area contributed by atoms with E-state index < -0.39 is 41.4 Å². The Balaban J connectivity index is 0.000000168. The maximum Gasteiger partial charge on any atom is 0.339 e. The molecule has 9 rings (SSSR count). The molecule has 0 aliphatic carbocycles. The number of aromatic nitrogens is 4. The summed E-state index contributed by atoms with van der Waals surface area (Å²) in [7, 11) is 1.48. The number of anilines is 3. The molecule has 6 aromatic heterocycles. The monoisotopic (exact) mass is 1120 g/mol. The number of carboxylic acids is 3. The molecule has 0 aliphatic rings. The molecule has 0 saturated carbocycles. The first-order valence-electron chi connectivity index (χ1n) is 22.1. The van der Waals surface area contributed by atoms with Crippen LogP contribution in [0, 0.1) is 17.5 Å². The number of carbonyl (C=O) groups excluding carboxylic acids is 3. The molecule has 3 aromatic carbocycles. The van der Waals surface area contributed by atoms with E-state index in [0.29, 0.717) is 56.5 Å². The van der Waals surface area contributed by atoms with Gasteiger partial charge in [-0.15, -0.1) is 34.0 Å². The number of methoxy groups -OCH3 is 1. The Morgan fingerprint density at radius 3 is 1.52 bits per heavy atom. The second kappa shape index (κ2) is 25.9. The highest BCUT2D eigenvalue weighted by molar-refractivity contribution is 7.16. The normalized spacial score (nSPS) is 10.5. The van der Waals surface area contributed by atoms with Gasteiger partial charge < -0.3 is 36.0 Å². The zero-order chi connectivity index (χ0) is 55.2. The average molecular weight is 1120 g/mol. The van der Waals surface area contributed by atoms with Crippen LogP contribution in [-0.4, -0.2) is 78.0 Å². The molecule has 0 fully saturated rings. The Kier molecular flexibility index (Phi) is 18.7. The molecule has 0 unspecified atom stereocenters. The highest BCUT2D eigenvalue weighted by Crippen LogP contribution is 2.38. The number of aryl methyl sites for hydroxylation is 1. The second-order valence-electron chi connectivity index (χ2n) is 15.6. The quantitative estimate of drug-likeness (QED) is 0.0522. The van der Waals surface area contributed by atoms with Crippen LogP contribution in [0.2, 0.25) is 5.15 Å². The van der Waals surface area contributed by atoms with Crippen LogP contribution in [0.15, 0.2) is 144 Å². The van der Waals surface area contributed by atoms with Crippen molar-refractivity contribution in [3.05, 3.63) is 200 Å². The number of hydrogen-bond acceptors (Lipinski definition) is 14. The fraction of sp³-hybridized carbons (Fsp3) is 0.0566. The van der Waals surface area contributed by atoms with E-state index in [0.717, 1.165) is 46.1 Å². The van der Waals surface area contributed by atoms with Crippen molar-refractivity contribution < 1.29 is 62.0 Å². The molecule has 17 nitrogen and oxygen atoms in total. The van der Waals surface area contributed by atoms with Gasteiger partial charge in [0.1, 0.15) is 54.3 Å². The van der Waals surface area contributed by atoms with Crippen molar-refractivity contribution in [1.82, 2.24) is 19.9 Å². The second-order valence-corrected chi connectivity index (χ2v) is 18.7. The predicted molar refractivity (Wildman–Crippen MR) is 285 cm³/mol. The van der Waals surface area contributed by atoms with E-state index >= 15 is 0 Å². The summed E-state index contributed by atoms with van der Waals surface area (Å²) < 4.78 is 44.7. The van der Waals surface area contributed by atoms with E-state index in [1.54, 1.807) is 52.5 Å². The van der Waals surface area contributed by atoms with E-state index in [1.807, 2.05) is 0 Å². The van der Waals surface area contributed by atoms with Gasteiger partial charge in [0.15, 0.2) is 0 Å². The number of nitrogens with one attached hydrogen (secondary N) is 3. The lowest BCUT2D eigenvalue weighted by atomic mass is 10.1. The van der Waals surface area contributed by atoms with Crippen molar-refractivity contribution in [2.75, 3.05) is 23.1 Å². The molecule has 0 radical (unpaired) electrons. The fourth-order valence-electron chi connectivity index (χ4n) is 6.98. The standard InChI is InChI=1S/C19H14ClFN2O3S.C18H13FN2O4S.C16H10FN3O3S/c20-15-6-5-12(9-22-15)14-10-27-18(17(14)19(25)26)23-16(24)7-4-11-2-1-3-13(21)8-11;1-25-14-6-5-11(8-20-14)13-9-26-17(15(13)18(23)24)21-16(22)10-3-2-4-12(19)7-10;17-10-3-1-2-9(6-10)14(21)20-15-13(16(22)23)11(8-24-15)12-7-18-4-5-19-12/h1-3,5-6,8-10H,4,7H2,(H,23,24)(H,25,26);2-9H,1H3,(H,21,22)(H,23,24);1-8H,(H,20,21)(H,22,23). The number of hydrogen-bond donors (Lipinski definition) is 6. The molecule has 0 atom stereocenters. The molecule has 0 aliphatic heterocycles. The third-order valence-electron chi connectivity index (χ3n) is 10.6. The number of thiophene rings is 3.